The standard InChI is InChI=1S/C16H19ClF3N3O/c17-14-4-3-12(16(18,19)20)10-13(14)11-5-8-23(9-6-11)7-1-2-15(24)22-21/h3-5,10H,1-2,6-9,21H2,(H,22,24). The molecule has 1 aromatic rings. The zero-order valence-corrected chi connectivity index (χ0v) is 13.8. The van der Waals surface area contributed by atoms with E-state index in [4.69, 9.17) is 17.4 Å². The van der Waals surface area contributed by atoms with E-state index < -0.39 is 11.7 Å². The molecule has 0 aromatic heterocycles. The zero-order chi connectivity index (χ0) is 17.7. The lowest BCUT2D eigenvalue weighted by atomic mass is 9.97. The molecule has 1 heterocycles. The van der Waals surface area contributed by atoms with Gasteiger partial charge in [0.15, 0.2) is 0 Å². The number of alkyl halides is 3. The maximum Gasteiger partial charge on any atom is 0.416 e. The van der Waals surface area contributed by atoms with Gasteiger partial charge in [0, 0.05) is 24.5 Å². The highest BCUT2D eigenvalue weighted by Crippen LogP contribution is 2.35. The Morgan fingerprint density at radius 2 is 2.12 bits per heavy atom. The van der Waals surface area contributed by atoms with Gasteiger partial charge in [0.05, 0.1) is 5.56 Å². The molecule has 0 fully saturated rings. The third-order valence-electron chi connectivity index (χ3n) is 3.97. The maximum atomic E-state index is 12.9. The van der Waals surface area contributed by atoms with Gasteiger partial charge in [0.25, 0.3) is 0 Å². The molecule has 0 spiro atoms. The fraction of sp³-hybridized carbons (Fsp3) is 0.438. The summed E-state index contributed by atoms with van der Waals surface area (Å²) in [5.41, 5.74) is 2.64. The predicted octanol–water partition coefficient (Wildman–Crippen LogP) is 3.22. The number of carbonyl (C=O) groups is 1. The summed E-state index contributed by atoms with van der Waals surface area (Å²) in [7, 11) is 0. The van der Waals surface area contributed by atoms with Crippen LogP contribution < -0.4 is 11.3 Å². The Kier molecular flexibility index (Phi) is 6.26. The molecule has 1 amide bonds. The maximum absolute atomic E-state index is 12.9. The van der Waals surface area contributed by atoms with Crippen molar-refractivity contribution in [3.63, 3.8) is 0 Å². The lowest BCUT2D eigenvalue weighted by molar-refractivity contribution is -0.137. The van der Waals surface area contributed by atoms with Crippen LogP contribution in [0, 0.1) is 0 Å². The van der Waals surface area contributed by atoms with Crippen LogP contribution in [-0.2, 0) is 11.0 Å². The minimum atomic E-state index is -4.38. The molecule has 1 aliphatic rings. The Labute approximate surface area is 143 Å². The van der Waals surface area contributed by atoms with Gasteiger partial charge < -0.3 is 0 Å². The molecular formula is C16H19ClF3N3O. The van der Waals surface area contributed by atoms with E-state index in [9.17, 15) is 18.0 Å². The molecule has 2 rings (SSSR count). The molecule has 0 bridgehead atoms. The predicted molar refractivity (Wildman–Crippen MR) is 87.1 cm³/mol. The van der Waals surface area contributed by atoms with Crippen LogP contribution in [0.4, 0.5) is 13.2 Å². The van der Waals surface area contributed by atoms with Crippen LogP contribution in [0.5, 0.6) is 0 Å². The molecule has 3 N–H and O–H groups in total. The number of amides is 1. The molecule has 0 atom stereocenters. The van der Waals surface area contributed by atoms with Gasteiger partial charge in [-0.15, -0.1) is 0 Å². The van der Waals surface area contributed by atoms with E-state index in [1.165, 1.54) is 6.07 Å². The van der Waals surface area contributed by atoms with Crippen molar-refractivity contribution < 1.29 is 18.0 Å². The normalized spacial score (nSPS) is 16.0. The first-order valence-electron chi connectivity index (χ1n) is 7.59. The minimum Gasteiger partial charge on any atom is -0.299 e. The molecule has 8 heteroatoms. The Morgan fingerprint density at radius 3 is 2.71 bits per heavy atom. The number of carbonyl (C=O) groups excluding carboxylic acids is 1. The number of rotatable bonds is 5. The van der Waals surface area contributed by atoms with Gasteiger partial charge >= 0.3 is 6.18 Å². The van der Waals surface area contributed by atoms with Crippen LogP contribution in [0.1, 0.15) is 30.4 Å². The molecule has 1 aliphatic heterocycles. The molecule has 1 aromatic carbocycles. The first-order chi connectivity index (χ1) is 11.3. The second-order valence-corrected chi connectivity index (χ2v) is 6.05. The second-order valence-electron chi connectivity index (χ2n) is 5.64. The highest BCUT2D eigenvalue weighted by atomic mass is 35.5. The monoisotopic (exact) mass is 361 g/mol. The largest absolute Gasteiger partial charge is 0.416 e. The van der Waals surface area contributed by atoms with Crippen LogP contribution >= 0.6 is 11.6 Å². The molecular weight excluding hydrogens is 343 g/mol. The number of nitrogens with one attached hydrogen (secondary N) is 1. The number of nitrogens with two attached hydrogens (primary N) is 1. The van der Waals surface area contributed by atoms with Gasteiger partial charge in [-0.05, 0) is 48.7 Å². The molecule has 0 radical (unpaired) electrons. The van der Waals surface area contributed by atoms with Gasteiger partial charge in [0.1, 0.15) is 0 Å². The van der Waals surface area contributed by atoms with Crippen molar-refractivity contribution in [2.24, 2.45) is 5.84 Å². The summed E-state index contributed by atoms with van der Waals surface area (Å²) in [6, 6.07) is 3.39. The van der Waals surface area contributed by atoms with Crippen LogP contribution in [0.3, 0.4) is 0 Å². The van der Waals surface area contributed by atoms with Gasteiger partial charge in [-0.3, -0.25) is 15.1 Å². The van der Waals surface area contributed by atoms with Crippen molar-refractivity contribution in [1.29, 1.82) is 0 Å². The lowest BCUT2D eigenvalue weighted by Gasteiger charge is -2.27. The topological polar surface area (TPSA) is 58.4 Å². The first-order valence-corrected chi connectivity index (χ1v) is 7.97. The smallest absolute Gasteiger partial charge is 0.299 e. The third-order valence-corrected chi connectivity index (χ3v) is 4.30. The fourth-order valence-electron chi connectivity index (χ4n) is 2.64. The van der Waals surface area contributed by atoms with Gasteiger partial charge in [-0.25, -0.2) is 5.84 Å². The summed E-state index contributed by atoms with van der Waals surface area (Å²) >= 11 is 6.07. The van der Waals surface area contributed by atoms with E-state index in [0.29, 0.717) is 42.9 Å². The Bertz CT molecular complexity index is 631. The minimum absolute atomic E-state index is 0.209. The molecule has 4 nitrogen and oxygen atoms in total. The Hall–Kier alpha value is -1.57. The SMILES string of the molecule is NNC(=O)CCCN1CC=C(c2cc(C(F)(F)F)ccc2Cl)CC1. The number of benzene rings is 1. The van der Waals surface area contributed by atoms with Crippen molar-refractivity contribution in [3.8, 4) is 0 Å². The van der Waals surface area contributed by atoms with E-state index in [0.717, 1.165) is 24.3 Å². The second kappa shape index (κ2) is 8.00. The number of halogens is 4. The van der Waals surface area contributed by atoms with E-state index in [1.54, 1.807) is 0 Å². The van der Waals surface area contributed by atoms with Crippen LogP contribution in [0.25, 0.3) is 5.57 Å². The first kappa shape index (κ1) is 18.8. The summed E-state index contributed by atoms with van der Waals surface area (Å²) in [5.74, 6) is 4.81. The average molecular weight is 362 g/mol. The van der Waals surface area contributed by atoms with Gasteiger partial charge in [0.2, 0.25) is 5.91 Å². The third kappa shape index (κ3) is 4.96. The zero-order valence-electron chi connectivity index (χ0n) is 13.0. The van der Waals surface area contributed by atoms with Crippen LogP contribution in [0.15, 0.2) is 24.3 Å². The molecule has 132 valence electrons. The highest BCUT2D eigenvalue weighted by Gasteiger charge is 2.31. The van der Waals surface area contributed by atoms with E-state index >= 15 is 0 Å². The van der Waals surface area contributed by atoms with Crippen molar-refractivity contribution in [1.82, 2.24) is 10.3 Å². The summed E-state index contributed by atoms with van der Waals surface area (Å²) < 4.78 is 38.6. The average Bonchev–Trinajstić information content (AvgIpc) is 2.55. The summed E-state index contributed by atoms with van der Waals surface area (Å²) in [6.45, 7) is 2.06. The van der Waals surface area contributed by atoms with Crippen LogP contribution in [-0.4, -0.2) is 30.4 Å². The molecule has 0 unspecified atom stereocenters. The van der Waals surface area contributed by atoms with Crippen molar-refractivity contribution in [2.75, 3.05) is 19.6 Å². The van der Waals surface area contributed by atoms with Crippen LogP contribution in [0.2, 0.25) is 5.02 Å². The Morgan fingerprint density at radius 1 is 1.38 bits per heavy atom. The number of hydrogen-bond acceptors (Lipinski definition) is 3. The molecule has 24 heavy (non-hydrogen) atoms. The number of nitrogens with zero attached hydrogens (tertiary/aromatic N) is 1. The van der Waals surface area contributed by atoms with E-state index in [2.05, 4.69) is 10.3 Å². The summed E-state index contributed by atoms with van der Waals surface area (Å²) in [5, 5.41) is 0.322. The lowest BCUT2D eigenvalue weighted by Crippen LogP contribution is -2.32. The molecule has 0 saturated heterocycles. The van der Waals surface area contributed by atoms with Gasteiger partial charge in [-0.1, -0.05) is 17.7 Å². The van der Waals surface area contributed by atoms with Crippen molar-refractivity contribution >= 4 is 23.1 Å². The van der Waals surface area contributed by atoms with Gasteiger partial charge in [-0.2, -0.15) is 13.2 Å². The quantitative estimate of drug-likeness (QED) is 0.481. The fourth-order valence-corrected chi connectivity index (χ4v) is 2.88. The Balaban J connectivity index is 2.01. The number of hydrazine groups is 1. The van der Waals surface area contributed by atoms with E-state index in [-0.39, 0.29) is 5.91 Å². The highest BCUT2D eigenvalue weighted by molar-refractivity contribution is 6.32. The molecule has 0 saturated carbocycles. The summed E-state index contributed by atoms with van der Waals surface area (Å²) in [4.78, 5) is 13.2. The van der Waals surface area contributed by atoms with Crippen molar-refractivity contribution in [3.05, 3.63) is 40.4 Å². The molecule has 0 aliphatic carbocycles. The summed E-state index contributed by atoms with van der Waals surface area (Å²) in [6.07, 6.45) is -0.846. The van der Waals surface area contributed by atoms with Crippen molar-refractivity contribution in [2.45, 2.75) is 25.4 Å². The van der Waals surface area contributed by atoms with E-state index in [1.807, 2.05) is 6.08 Å². The number of hydrogen-bond donors (Lipinski definition) is 2.